The molecule has 1 N–H and O–H groups in total. The molecule has 1 heterocycles. The van der Waals surface area contributed by atoms with Gasteiger partial charge < -0.3 is 9.47 Å². The maximum Gasteiger partial charge on any atom is 0.421 e. The third-order valence-corrected chi connectivity index (χ3v) is 3.27. The molecule has 0 radical (unpaired) electrons. The molecule has 1 fully saturated rings. The highest BCUT2D eigenvalue weighted by atomic mass is 32.2. The molecule has 1 amide bonds. The lowest BCUT2D eigenvalue weighted by Gasteiger charge is -2.25. The highest BCUT2D eigenvalue weighted by molar-refractivity contribution is 7.87. The first-order valence-electron chi connectivity index (χ1n) is 4.58. The van der Waals surface area contributed by atoms with Crippen LogP contribution in [-0.4, -0.2) is 51.7 Å². The van der Waals surface area contributed by atoms with Gasteiger partial charge in [-0.25, -0.2) is 9.52 Å². The van der Waals surface area contributed by atoms with Crippen molar-refractivity contribution >= 4 is 16.3 Å². The fourth-order valence-electron chi connectivity index (χ4n) is 1.12. The van der Waals surface area contributed by atoms with Gasteiger partial charge in [0.15, 0.2) is 0 Å². The highest BCUT2D eigenvalue weighted by Crippen LogP contribution is 2.02. The lowest BCUT2D eigenvalue weighted by molar-refractivity contribution is 0.0722. The number of nitrogens with zero attached hydrogens (tertiary/aromatic N) is 1. The number of ether oxygens (including phenoxy) is 2. The second-order valence-electron chi connectivity index (χ2n) is 2.84. The number of morpholine rings is 1. The summed E-state index contributed by atoms with van der Waals surface area (Å²) in [5.41, 5.74) is 0. The van der Waals surface area contributed by atoms with Crippen molar-refractivity contribution in [1.29, 1.82) is 0 Å². The van der Waals surface area contributed by atoms with Gasteiger partial charge >= 0.3 is 16.3 Å². The molecule has 1 aliphatic rings. The first kappa shape index (κ1) is 12.2. The van der Waals surface area contributed by atoms with Crippen molar-refractivity contribution < 1.29 is 22.7 Å². The fraction of sp³-hybridized carbons (Fsp3) is 0.857. The van der Waals surface area contributed by atoms with Crippen LogP contribution < -0.4 is 4.72 Å². The minimum absolute atomic E-state index is 0.129. The molecule has 1 rings (SSSR count). The van der Waals surface area contributed by atoms with Crippen LogP contribution in [0.25, 0.3) is 0 Å². The van der Waals surface area contributed by atoms with Crippen LogP contribution in [0.5, 0.6) is 0 Å². The number of amides is 1. The molecule has 0 aromatic rings. The Labute approximate surface area is 88.5 Å². The van der Waals surface area contributed by atoms with Gasteiger partial charge in [-0.3, -0.25) is 0 Å². The Morgan fingerprint density at radius 2 is 2.07 bits per heavy atom. The first-order chi connectivity index (χ1) is 7.06. The lowest BCUT2D eigenvalue weighted by atomic mass is 10.5. The molecular weight excluding hydrogens is 224 g/mol. The van der Waals surface area contributed by atoms with Gasteiger partial charge in [0.1, 0.15) is 0 Å². The fourth-order valence-corrected chi connectivity index (χ4v) is 2.15. The van der Waals surface area contributed by atoms with E-state index in [1.54, 1.807) is 6.92 Å². The van der Waals surface area contributed by atoms with Crippen molar-refractivity contribution in [3.63, 3.8) is 0 Å². The molecule has 1 saturated heterocycles. The third kappa shape index (κ3) is 3.65. The van der Waals surface area contributed by atoms with E-state index in [2.05, 4.69) is 4.74 Å². The van der Waals surface area contributed by atoms with Crippen molar-refractivity contribution in [3.8, 4) is 0 Å². The summed E-state index contributed by atoms with van der Waals surface area (Å²) in [5, 5.41) is 0. The van der Waals surface area contributed by atoms with Crippen LogP contribution in [0.1, 0.15) is 6.92 Å². The van der Waals surface area contributed by atoms with Crippen molar-refractivity contribution in [1.82, 2.24) is 9.03 Å². The van der Waals surface area contributed by atoms with E-state index >= 15 is 0 Å². The van der Waals surface area contributed by atoms with E-state index in [1.165, 1.54) is 0 Å². The monoisotopic (exact) mass is 238 g/mol. The molecule has 0 aromatic carbocycles. The lowest BCUT2D eigenvalue weighted by Crippen LogP contribution is -2.48. The van der Waals surface area contributed by atoms with Crippen molar-refractivity contribution in [2.45, 2.75) is 6.92 Å². The second kappa shape index (κ2) is 5.29. The first-order valence-corrected chi connectivity index (χ1v) is 6.02. The highest BCUT2D eigenvalue weighted by Gasteiger charge is 2.26. The van der Waals surface area contributed by atoms with E-state index in [4.69, 9.17) is 4.74 Å². The largest absolute Gasteiger partial charge is 0.449 e. The van der Waals surface area contributed by atoms with Crippen LogP contribution in [0.2, 0.25) is 0 Å². The average Bonchev–Trinajstić information content (AvgIpc) is 2.18. The zero-order chi connectivity index (χ0) is 11.3. The molecule has 1 aliphatic heterocycles. The predicted molar refractivity (Wildman–Crippen MR) is 51.5 cm³/mol. The number of hydrogen-bond acceptors (Lipinski definition) is 5. The molecule has 0 unspecified atom stereocenters. The number of carbonyl (C=O) groups is 1. The smallest absolute Gasteiger partial charge is 0.421 e. The van der Waals surface area contributed by atoms with E-state index in [9.17, 15) is 13.2 Å². The normalized spacial score (nSPS) is 18.5. The Hall–Kier alpha value is -0.860. The van der Waals surface area contributed by atoms with Crippen LogP contribution >= 0.6 is 0 Å². The topological polar surface area (TPSA) is 84.9 Å². The van der Waals surface area contributed by atoms with E-state index < -0.39 is 16.3 Å². The minimum Gasteiger partial charge on any atom is -0.449 e. The van der Waals surface area contributed by atoms with Gasteiger partial charge in [0, 0.05) is 13.1 Å². The predicted octanol–water partition coefficient (Wildman–Crippen LogP) is -0.690. The molecule has 0 spiro atoms. The summed E-state index contributed by atoms with van der Waals surface area (Å²) < 4.78 is 35.5. The van der Waals surface area contributed by atoms with Crippen molar-refractivity contribution in [3.05, 3.63) is 0 Å². The number of hydrogen-bond donors (Lipinski definition) is 1. The molecular formula is C7H14N2O5S. The maximum absolute atomic E-state index is 11.5. The molecule has 0 aromatic heterocycles. The standard InChI is InChI=1S/C7H14N2O5S/c1-2-14-7(10)8-15(11,12)9-3-5-13-6-4-9/h2-6H2,1H3,(H,8,10). The van der Waals surface area contributed by atoms with E-state index in [-0.39, 0.29) is 19.7 Å². The zero-order valence-electron chi connectivity index (χ0n) is 8.43. The van der Waals surface area contributed by atoms with Gasteiger partial charge in [-0.05, 0) is 6.92 Å². The average molecular weight is 238 g/mol. The Balaban J connectivity index is 2.53. The van der Waals surface area contributed by atoms with E-state index in [1.807, 2.05) is 4.72 Å². The van der Waals surface area contributed by atoms with Crippen LogP contribution in [0.4, 0.5) is 4.79 Å². The Morgan fingerprint density at radius 1 is 1.47 bits per heavy atom. The molecule has 0 saturated carbocycles. The minimum atomic E-state index is -3.78. The second-order valence-corrected chi connectivity index (χ2v) is 4.51. The van der Waals surface area contributed by atoms with Gasteiger partial charge in [-0.1, -0.05) is 0 Å². The molecule has 15 heavy (non-hydrogen) atoms. The van der Waals surface area contributed by atoms with Crippen LogP contribution in [0, 0.1) is 0 Å². The Bertz CT molecular complexity index is 309. The van der Waals surface area contributed by atoms with Gasteiger partial charge in [0.05, 0.1) is 19.8 Å². The summed E-state index contributed by atoms with van der Waals surface area (Å²) in [7, 11) is -3.78. The van der Waals surface area contributed by atoms with E-state index in [0.717, 1.165) is 4.31 Å². The van der Waals surface area contributed by atoms with Gasteiger partial charge in [-0.2, -0.15) is 12.7 Å². The van der Waals surface area contributed by atoms with Gasteiger partial charge in [0.25, 0.3) is 0 Å². The van der Waals surface area contributed by atoms with Crippen LogP contribution in [-0.2, 0) is 19.7 Å². The Morgan fingerprint density at radius 3 is 2.60 bits per heavy atom. The van der Waals surface area contributed by atoms with Crippen molar-refractivity contribution in [2.24, 2.45) is 0 Å². The quantitative estimate of drug-likeness (QED) is 0.703. The zero-order valence-corrected chi connectivity index (χ0v) is 9.25. The van der Waals surface area contributed by atoms with Crippen molar-refractivity contribution in [2.75, 3.05) is 32.9 Å². The van der Waals surface area contributed by atoms with Crippen LogP contribution in [0.3, 0.4) is 0 Å². The molecule has 7 nitrogen and oxygen atoms in total. The van der Waals surface area contributed by atoms with E-state index in [0.29, 0.717) is 13.2 Å². The summed E-state index contributed by atoms with van der Waals surface area (Å²) in [5.74, 6) is 0. The summed E-state index contributed by atoms with van der Waals surface area (Å²) in [6.07, 6.45) is -0.955. The maximum atomic E-state index is 11.5. The molecule has 8 heteroatoms. The summed E-state index contributed by atoms with van der Waals surface area (Å²) in [4.78, 5) is 10.9. The number of nitrogens with one attached hydrogen (secondary N) is 1. The van der Waals surface area contributed by atoms with Crippen LogP contribution in [0.15, 0.2) is 0 Å². The number of carbonyl (C=O) groups excluding carboxylic acids is 1. The number of rotatable bonds is 3. The third-order valence-electron chi connectivity index (χ3n) is 1.80. The summed E-state index contributed by atoms with van der Waals surface area (Å²) in [6.45, 7) is 2.89. The SMILES string of the molecule is CCOC(=O)NS(=O)(=O)N1CCOCC1. The summed E-state index contributed by atoms with van der Waals surface area (Å²) in [6, 6.07) is 0. The van der Waals surface area contributed by atoms with Gasteiger partial charge in [0.2, 0.25) is 0 Å². The Kier molecular flexibility index (Phi) is 4.30. The summed E-state index contributed by atoms with van der Waals surface area (Å²) >= 11 is 0. The molecule has 88 valence electrons. The molecule has 0 bridgehead atoms. The van der Waals surface area contributed by atoms with Gasteiger partial charge in [-0.15, -0.1) is 0 Å². The molecule has 0 aliphatic carbocycles. The molecule has 0 atom stereocenters.